The van der Waals surface area contributed by atoms with E-state index in [1.54, 1.807) is 7.05 Å². The van der Waals surface area contributed by atoms with E-state index < -0.39 is 11.3 Å². The van der Waals surface area contributed by atoms with Gasteiger partial charge in [0.05, 0.1) is 21.7 Å². The maximum atomic E-state index is 12.5. The minimum absolute atomic E-state index is 0.159. The molecule has 1 aromatic rings. The highest BCUT2D eigenvalue weighted by molar-refractivity contribution is 8.06. The van der Waals surface area contributed by atoms with Crippen LogP contribution in [0.25, 0.3) is 0 Å². The number of thioether (sulfide) groups is 1. The average Bonchev–Trinajstić information content (AvgIpc) is 3.06. The Morgan fingerprint density at radius 1 is 1.38 bits per heavy atom. The molecule has 9 heteroatoms. The summed E-state index contributed by atoms with van der Waals surface area (Å²) in [6.07, 6.45) is 1.02. The zero-order chi connectivity index (χ0) is 17.4. The summed E-state index contributed by atoms with van der Waals surface area (Å²) in [5.41, 5.74) is 2.03. The van der Waals surface area contributed by atoms with E-state index in [4.69, 9.17) is 23.2 Å². The maximum absolute atomic E-state index is 12.5. The molecule has 1 aromatic carbocycles. The van der Waals surface area contributed by atoms with Crippen LogP contribution in [0.2, 0.25) is 0 Å². The fourth-order valence-corrected chi connectivity index (χ4v) is 5.27. The van der Waals surface area contributed by atoms with E-state index in [0.717, 1.165) is 11.1 Å². The Balaban J connectivity index is 1.78. The number of amides is 1. The summed E-state index contributed by atoms with van der Waals surface area (Å²) in [5.74, 6) is -0.159. The van der Waals surface area contributed by atoms with Crippen molar-refractivity contribution in [2.45, 2.75) is 30.2 Å². The number of carbonyl (C=O) groups excluding carboxylic acids is 1. The molecule has 0 fully saturated rings. The molecule has 0 aromatic heterocycles. The monoisotopic (exact) mass is 406 g/mol. The second kappa shape index (κ2) is 7.35. The zero-order valence-electron chi connectivity index (χ0n) is 12.7. The third-order valence-corrected chi connectivity index (χ3v) is 7.16. The van der Waals surface area contributed by atoms with Gasteiger partial charge in [-0.15, -0.1) is 0 Å². The molecule has 1 amide bonds. The van der Waals surface area contributed by atoms with Gasteiger partial charge in [-0.05, 0) is 17.5 Å². The summed E-state index contributed by atoms with van der Waals surface area (Å²) in [5, 5.41) is 3.14. The van der Waals surface area contributed by atoms with E-state index in [0.29, 0.717) is 22.2 Å². The van der Waals surface area contributed by atoms with Gasteiger partial charge in [0.15, 0.2) is 0 Å². The first-order valence-electron chi connectivity index (χ1n) is 7.31. The lowest BCUT2D eigenvalue weighted by Crippen LogP contribution is -2.46. The molecule has 4 atom stereocenters. The highest BCUT2D eigenvalue weighted by Crippen LogP contribution is 2.42. The first kappa shape index (κ1) is 18.2. The van der Waals surface area contributed by atoms with Crippen LogP contribution in [0.4, 0.5) is 0 Å². The molecule has 0 saturated heterocycles. The topological polar surface area (TPSA) is 69.6 Å². The largest absolute Gasteiger partial charge is 0.350 e. The number of fused-ring (bicyclic) bond motifs is 1. The second-order valence-corrected chi connectivity index (χ2v) is 9.04. The molecule has 130 valence electrons. The van der Waals surface area contributed by atoms with E-state index in [2.05, 4.69) is 5.32 Å². The fourth-order valence-electron chi connectivity index (χ4n) is 3.15. The van der Waals surface area contributed by atoms with Crippen molar-refractivity contribution >= 4 is 52.1 Å². The summed E-state index contributed by atoms with van der Waals surface area (Å²) in [6, 6.07) is 7.07. The van der Waals surface area contributed by atoms with Gasteiger partial charge >= 0.3 is 0 Å². The van der Waals surface area contributed by atoms with Crippen LogP contribution in [0, 0.1) is 0 Å². The molecule has 2 aliphatic rings. The second-order valence-electron chi connectivity index (χ2n) is 5.73. The van der Waals surface area contributed by atoms with Crippen molar-refractivity contribution in [2.75, 3.05) is 7.05 Å². The number of hydrogen-bond donors (Lipinski definition) is 2. The number of halogens is 2. The summed E-state index contributed by atoms with van der Waals surface area (Å²) >= 11 is 11.1. The van der Waals surface area contributed by atoms with Gasteiger partial charge in [-0.3, -0.25) is 9.35 Å². The van der Waals surface area contributed by atoms with Crippen LogP contribution >= 0.6 is 35.0 Å². The predicted molar refractivity (Wildman–Crippen MR) is 98.1 cm³/mol. The first-order valence-corrected chi connectivity index (χ1v) is 10.0. The number of carbonyl (C=O) groups is 1. The summed E-state index contributed by atoms with van der Waals surface area (Å²) < 4.78 is 22.8. The number of benzene rings is 1. The van der Waals surface area contributed by atoms with E-state index >= 15 is 0 Å². The van der Waals surface area contributed by atoms with Crippen molar-refractivity contribution < 1.29 is 13.6 Å². The Morgan fingerprint density at radius 3 is 2.71 bits per heavy atom. The highest BCUT2D eigenvalue weighted by atomic mass is 35.5. The third kappa shape index (κ3) is 3.52. The molecule has 24 heavy (non-hydrogen) atoms. The Morgan fingerprint density at radius 2 is 2.08 bits per heavy atom. The van der Waals surface area contributed by atoms with Crippen molar-refractivity contribution in [1.82, 2.24) is 9.62 Å². The molecular weight excluding hydrogens is 391 g/mol. The Hall–Kier alpha value is -0.570. The van der Waals surface area contributed by atoms with Crippen LogP contribution in [0.3, 0.4) is 0 Å². The minimum atomic E-state index is -2.13. The van der Waals surface area contributed by atoms with Gasteiger partial charge in [0.1, 0.15) is 0 Å². The third-order valence-electron chi connectivity index (χ3n) is 4.28. The zero-order valence-corrected chi connectivity index (χ0v) is 15.9. The van der Waals surface area contributed by atoms with Gasteiger partial charge in [0, 0.05) is 18.5 Å². The molecule has 5 nitrogen and oxygen atoms in total. The van der Waals surface area contributed by atoms with Gasteiger partial charge in [-0.25, -0.2) is 4.21 Å². The molecule has 0 spiro atoms. The smallest absolute Gasteiger partial charge is 0.234 e. The van der Waals surface area contributed by atoms with Crippen LogP contribution in [-0.2, 0) is 22.5 Å². The van der Waals surface area contributed by atoms with Crippen LogP contribution in [-0.4, -0.2) is 37.3 Å². The van der Waals surface area contributed by atoms with Crippen LogP contribution < -0.4 is 5.32 Å². The van der Waals surface area contributed by atoms with Gasteiger partial charge in [-0.1, -0.05) is 59.2 Å². The quantitative estimate of drug-likeness (QED) is 0.753. The molecule has 1 aliphatic carbocycles. The normalized spacial score (nSPS) is 27.5. The van der Waals surface area contributed by atoms with Gasteiger partial charge in [-0.2, -0.15) is 4.31 Å². The van der Waals surface area contributed by atoms with Crippen LogP contribution in [0.15, 0.2) is 33.7 Å². The molecule has 0 bridgehead atoms. The number of allylic oxidation sites excluding steroid dienone is 1. The summed E-state index contributed by atoms with van der Waals surface area (Å²) in [4.78, 5) is 12.5. The van der Waals surface area contributed by atoms with Crippen molar-refractivity contribution in [1.29, 1.82) is 0 Å². The number of likely N-dealkylation sites (N-methyl/N-ethyl adjacent to an activating group) is 1. The Bertz CT molecular complexity index is 714. The Kier molecular flexibility index (Phi) is 5.58. The van der Waals surface area contributed by atoms with Crippen LogP contribution in [0.5, 0.6) is 0 Å². The molecule has 0 radical (unpaired) electrons. The van der Waals surface area contributed by atoms with E-state index in [9.17, 15) is 13.6 Å². The van der Waals surface area contributed by atoms with E-state index in [-0.39, 0.29) is 23.2 Å². The van der Waals surface area contributed by atoms with E-state index in [1.165, 1.54) is 16.1 Å². The summed E-state index contributed by atoms with van der Waals surface area (Å²) in [6.45, 7) is 0. The highest BCUT2D eigenvalue weighted by Gasteiger charge is 2.39. The number of nitrogens with zero attached hydrogens (tertiary/aromatic N) is 1. The van der Waals surface area contributed by atoms with Crippen LogP contribution in [0.1, 0.15) is 23.6 Å². The molecular formula is C15H16Cl2N2O3S2. The average molecular weight is 407 g/mol. The van der Waals surface area contributed by atoms with Crippen molar-refractivity contribution in [2.24, 2.45) is 0 Å². The number of rotatable bonds is 4. The maximum Gasteiger partial charge on any atom is 0.234 e. The molecule has 1 aliphatic heterocycles. The summed E-state index contributed by atoms with van der Waals surface area (Å²) in [7, 11) is 1.57. The van der Waals surface area contributed by atoms with Crippen molar-refractivity contribution in [3.8, 4) is 0 Å². The molecule has 1 heterocycles. The minimum Gasteiger partial charge on any atom is -0.350 e. The lowest BCUT2D eigenvalue weighted by atomic mass is 10.1. The van der Waals surface area contributed by atoms with Gasteiger partial charge < -0.3 is 5.32 Å². The van der Waals surface area contributed by atoms with Crippen molar-refractivity contribution in [3.05, 3.63) is 44.8 Å². The number of hydrogen-bond acceptors (Lipinski definition) is 3. The molecule has 0 saturated carbocycles. The van der Waals surface area contributed by atoms with Crippen molar-refractivity contribution in [3.63, 3.8) is 0 Å². The molecule has 2 N–H and O–H groups in total. The lowest BCUT2D eigenvalue weighted by molar-refractivity contribution is -0.121. The molecule has 4 unspecified atom stereocenters. The van der Waals surface area contributed by atoms with E-state index in [1.807, 2.05) is 24.3 Å². The van der Waals surface area contributed by atoms with Gasteiger partial charge in [0.2, 0.25) is 17.2 Å². The standard InChI is InChI=1S/C15H16Cl2N2O3S2/c1-19(24(21)22)13-9-5-3-2-4-8(9)6-11(13)18-15(20)12-7-10(16)14(17)23-12/h2-5,11-13H,6-7H2,1H3,(H,18,20)(H,21,22). The Labute approximate surface area is 157 Å². The van der Waals surface area contributed by atoms with Gasteiger partial charge in [0.25, 0.3) is 0 Å². The predicted octanol–water partition coefficient (Wildman–Crippen LogP) is 2.99. The molecule has 3 rings (SSSR count). The first-order chi connectivity index (χ1) is 11.4. The lowest BCUT2D eigenvalue weighted by Gasteiger charge is -2.28. The fraction of sp³-hybridized carbons (Fsp3) is 0.400. The number of nitrogens with one attached hydrogen (secondary N) is 1. The SMILES string of the molecule is CN(C1c2ccccc2CC1NC(=O)C1CC(Cl)=C(Cl)S1)S(=O)O.